The molecule has 1 aliphatic rings. The molecule has 0 atom stereocenters. The monoisotopic (exact) mass is 580 g/mol. The van der Waals surface area contributed by atoms with Crippen molar-refractivity contribution in [3.8, 4) is 5.75 Å². The van der Waals surface area contributed by atoms with Gasteiger partial charge in [0.15, 0.2) is 5.13 Å². The fourth-order valence-corrected chi connectivity index (χ4v) is 7.07. The first-order chi connectivity index (χ1) is 17.9. The average Bonchev–Trinajstić information content (AvgIpc) is 3.36. The number of thiazole rings is 1. The van der Waals surface area contributed by atoms with Crippen molar-refractivity contribution >= 4 is 55.0 Å². The molecule has 0 radical (unpaired) electrons. The molecule has 0 spiro atoms. The van der Waals surface area contributed by atoms with E-state index in [1.165, 1.54) is 11.3 Å². The third-order valence-electron chi connectivity index (χ3n) is 6.73. The highest BCUT2D eigenvalue weighted by Gasteiger charge is 2.27. The predicted octanol–water partition coefficient (Wildman–Crippen LogP) is 5.28. The molecule has 0 bridgehead atoms. The second-order valence-corrected chi connectivity index (χ2v) is 12.0. The quantitative estimate of drug-likeness (QED) is 0.307. The average molecular weight is 581 g/mol. The van der Waals surface area contributed by atoms with E-state index < -0.39 is 10.0 Å². The van der Waals surface area contributed by atoms with E-state index in [9.17, 15) is 13.2 Å². The van der Waals surface area contributed by atoms with Crippen LogP contribution < -0.4 is 9.64 Å². The maximum absolute atomic E-state index is 13.8. The number of benzene rings is 2. The second-order valence-electron chi connectivity index (χ2n) is 9.01. The first kappa shape index (κ1) is 30.3. The highest BCUT2D eigenvalue weighted by Crippen LogP contribution is 2.35. The Balaban J connectivity index is 0.00000400. The van der Waals surface area contributed by atoms with Crippen molar-refractivity contribution in [1.29, 1.82) is 0 Å². The Morgan fingerprint density at radius 1 is 1.00 bits per heavy atom. The molecule has 1 aliphatic heterocycles. The lowest BCUT2D eigenvalue weighted by atomic mass is 10.2. The predicted molar refractivity (Wildman–Crippen MR) is 157 cm³/mol. The van der Waals surface area contributed by atoms with E-state index in [0.29, 0.717) is 49.2 Å². The minimum atomic E-state index is -3.56. The highest BCUT2D eigenvalue weighted by atomic mass is 35.5. The second kappa shape index (κ2) is 13.7. The van der Waals surface area contributed by atoms with E-state index in [0.717, 1.165) is 42.6 Å². The number of ether oxygens (including phenoxy) is 1. The molecule has 2 aromatic carbocycles. The lowest BCUT2D eigenvalue weighted by molar-refractivity contribution is 0.0983. The van der Waals surface area contributed by atoms with Gasteiger partial charge in [-0.25, -0.2) is 13.4 Å². The number of anilines is 1. The standard InChI is InChI=1S/C27H36N4O4S2.ClH/c1-4-29(5-2)19-20-31(27-28-25-23(35-6-3)11-10-12-24(25)36-27)26(32)21-13-15-22(16-14-21)37(33,34)30-17-8-7-9-18-30;/h10-16H,4-9,17-20H2,1-3H3;1H. The summed E-state index contributed by atoms with van der Waals surface area (Å²) in [6.07, 6.45) is 2.82. The van der Waals surface area contributed by atoms with Crippen molar-refractivity contribution in [2.24, 2.45) is 0 Å². The Hall–Kier alpha value is -2.24. The van der Waals surface area contributed by atoms with E-state index in [-0.39, 0.29) is 23.2 Å². The van der Waals surface area contributed by atoms with Gasteiger partial charge in [0.05, 0.1) is 16.2 Å². The number of fused-ring (bicyclic) bond motifs is 1. The molecule has 38 heavy (non-hydrogen) atoms. The molecule has 1 saturated heterocycles. The molecule has 8 nitrogen and oxygen atoms in total. The summed E-state index contributed by atoms with van der Waals surface area (Å²) in [6.45, 7) is 10.7. The van der Waals surface area contributed by atoms with Gasteiger partial charge in [-0.3, -0.25) is 9.69 Å². The topological polar surface area (TPSA) is 83.0 Å². The molecule has 2 heterocycles. The van der Waals surface area contributed by atoms with Gasteiger partial charge in [-0.15, -0.1) is 12.4 Å². The van der Waals surface area contributed by atoms with Gasteiger partial charge in [-0.05, 0) is 69.3 Å². The number of aromatic nitrogens is 1. The van der Waals surface area contributed by atoms with Gasteiger partial charge in [-0.1, -0.05) is 37.7 Å². The summed E-state index contributed by atoms with van der Waals surface area (Å²) in [4.78, 5) is 22.8. The van der Waals surface area contributed by atoms with E-state index in [1.54, 1.807) is 33.5 Å². The van der Waals surface area contributed by atoms with E-state index >= 15 is 0 Å². The molecule has 0 N–H and O–H groups in total. The molecule has 0 unspecified atom stereocenters. The maximum Gasteiger partial charge on any atom is 0.260 e. The van der Waals surface area contributed by atoms with Crippen LogP contribution in [0.25, 0.3) is 10.2 Å². The van der Waals surface area contributed by atoms with Crippen LogP contribution >= 0.6 is 23.7 Å². The summed E-state index contributed by atoms with van der Waals surface area (Å²) >= 11 is 1.45. The van der Waals surface area contributed by atoms with Crippen molar-refractivity contribution < 1.29 is 17.9 Å². The number of rotatable bonds is 11. The van der Waals surface area contributed by atoms with Crippen molar-refractivity contribution in [3.63, 3.8) is 0 Å². The summed E-state index contributed by atoms with van der Waals surface area (Å²) in [5.74, 6) is 0.497. The first-order valence-electron chi connectivity index (χ1n) is 13.1. The smallest absolute Gasteiger partial charge is 0.260 e. The van der Waals surface area contributed by atoms with Gasteiger partial charge in [-0.2, -0.15) is 4.31 Å². The normalized spacial score (nSPS) is 14.4. The Labute approximate surface area is 236 Å². The van der Waals surface area contributed by atoms with Crippen LogP contribution in [0.2, 0.25) is 0 Å². The molecule has 4 rings (SSSR count). The summed E-state index contributed by atoms with van der Waals surface area (Å²) in [7, 11) is -3.56. The summed E-state index contributed by atoms with van der Waals surface area (Å²) in [6, 6.07) is 12.1. The SMILES string of the molecule is CCOc1cccc2sc(N(CCN(CC)CC)C(=O)c3ccc(S(=O)(=O)N4CCCCC4)cc3)nc12.Cl. The zero-order valence-corrected chi connectivity index (χ0v) is 24.7. The molecule has 1 fully saturated rings. The molecular weight excluding hydrogens is 544 g/mol. The van der Waals surface area contributed by atoms with Crippen LogP contribution in [0.1, 0.15) is 50.4 Å². The summed E-state index contributed by atoms with van der Waals surface area (Å²) < 4.78 is 34.4. The molecule has 0 saturated carbocycles. The van der Waals surface area contributed by atoms with Crippen LogP contribution in [-0.2, 0) is 10.0 Å². The largest absolute Gasteiger partial charge is 0.492 e. The number of amides is 1. The lowest BCUT2D eigenvalue weighted by Gasteiger charge is -2.26. The Kier molecular flexibility index (Phi) is 10.9. The molecular formula is C27H37ClN4O4S2. The maximum atomic E-state index is 13.8. The van der Waals surface area contributed by atoms with Crippen molar-refractivity contribution in [2.75, 3.05) is 50.8 Å². The molecule has 0 aliphatic carbocycles. The Morgan fingerprint density at radius 2 is 1.68 bits per heavy atom. The molecule has 1 amide bonds. The minimum absolute atomic E-state index is 0. The number of nitrogens with zero attached hydrogens (tertiary/aromatic N) is 4. The van der Waals surface area contributed by atoms with Crippen molar-refractivity contribution in [1.82, 2.24) is 14.2 Å². The van der Waals surface area contributed by atoms with E-state index in [4.69, 9.17) is 9.72 Å². The van der Waals surface area contributed by atoms with Gasteiger partial charge in [0.1, 0.15) is 11.3 Å². The zero-order chi connectivity index (χ0) is 26.4. The van der Waals surface area contributed by atoms with Gasteiger partial charge in [0, 0.05) is 31.7 Å². The Morgan fingerprint density at radius 3 is 2.32 bits per heavy atom. The van der Waals surface area contributed by atoms with Crippen LogP contribution in [0.5, 0.6) is 5.75 Å². The zero-order valence-electron chi connectivity index (χ0n) is 22.3. The number of piperidine rings is 1. The lowest BCUT2D eigenvalue weighted by Crippen LogP contribution is -2.39. The highest BCUT2D eigenvalue weighted by molar-refractivity contribution is 7.89. The number of para-hydroxylation sites is 1. The molecule has 11 heteroatoms. The molecule has 208 valence electrons. The third kappa shape index (κ3) is 6.66. The summed E-state index contributed by atoms with van der Waals surface area (Å²) in [5, 5.41) is 0.601. The van der Waals surface area contributed by atoms with Gasteiger partial charge < -0.3 is 9.64 Å². The molecule has 1 aromatic heterocycles. The van der Waals surface area contributed by atoms with E-state index in [2.05, 4.69) is 18.7 Å². The minimum Gasteiger partial charge on any atom is -0.492 e. The number of hydrogen-bond donors (Lipinski definition) is 0. The number of carbonyl (C=O) groups is 1. The fraction of sp³-hybridized carbons (Fsp3) is 0.481. The van der Waals surface area contributed by atoms with Crippen molar-refractivity contribution in [2.45, 2.75) is 44.9 Å². The van der Waals surface area contributed by atoms with Gasteiger partial charge in [0.25, 0.3) is 5.91 Å². The van der Waals surface area contributed by atoms with Crippen LogP contribution in [-0.4, -0.2) is 74.4 Å². The van der Waals surface area contributed by atoms with Gasteiger partial charge >= 0.3 is 0 Å². The third-order valence-corrected chi connectivity index (χ3v) is 9.69. The number of sulfonamides is 1. The number of carbonyl (C=O) groups excluding carboxylic acids is 1. The van der Waals surface area contributed by atoms with E-state index in [1.807, 2.05) is 25.1 Å². The van der Waals surface area contributed by atoms with Crippen LogP contribution in [0.4, 0.5) is 5.13 Å². The van der Waals surface area contributed by atoms with Gasteiger partial charge in [0.2, 0.25) is 10.0 Å². The van der Waals surface area contributed by atoms with Crippen LogP contribution in [0, 0.1) is 0 Å². The van der Waals surface area contributed by atoms with Crippen molar-refractivity contribution in [3.05, 3.63) is 48.0 Å². The Bertz CT molecular complexity index is 1300. The first-order valence-corrected chi connectivity index (χ1v) is 15.3. The van der Waals surface area contributed by atoms with Crippen LogP contribution in [0.15, 0.2) is 47.4 Å². The molecule has 3 aromatic rings. The number of hydrogen-bond acceptors (Lipinski definition) is 7. The fourth-order valence-electron chi connectivity index (χ4n) is 4.54. The number of likely N-dealkylation sites (N-methyl/N-ethyl adjacent to an activating group) is 1. The summed E-state index contributed by atoms with van der Waals surface area (Å²) in [5.41, 5.74) is 1.18. The number of halogens is 1. The van der Waals surface area contributed by atoms with Crippen LogP contribution in [0.3, 0.4) is 0 Å².